The largest absolute Gasteiger partial charge is 0.313 e. The van der Waals surface area contributed by atoms with Crippen molar-refractivity contribution >= 4 is 28.8 Å². The standard InChI is InChI=1S/C33H48ClNO/c1-9-13-14-17-27(16-10-2)28-20-21-30(25(7)22-28)35(26(8)23(5)11-3)31-19-15-18-29(34)32(31)33(36)24(6)12-4/h15,18-24,27H,8-14,16-17H2,1-7H3. The van der Waals surface area contributed by atoms with Crippen LogP contribution in [0.1, 0.15) is 120 Å². The lowest BCUT2D eigenvalue weighted by Gasteiger charge is -2.34. The summed E-state index contributed by atoms with van der Waals surface area (Å²) in [5.41, 5.74) is 6.13. The predicted molar refractivity (Wildman–Crippen MR) is 159 cm³/mol. The Bertz CT molecular complexity index is 1010. The molecule has 0 saturated carbocycles. The summed E-state index contributed by atoms with van der Waals surface area (Å²) >= 11 is 6.70. The van der Waals surface area contributed by atoms with Gasteiger partial charge in [0.15, 0.2) is 5.78 Å². The highest BCUT2D eigenvalue weighted by atomic mass is 35.5. The highest BCUT2D eigenvalue weighted by molar-refractivity contribution is 6.35. The van der Waals surface area contributed by atoms with Crippen LogP contribution >= 0.6 is 11.6 Å². The summed E-state index contributed by atoms with van der Waals surface area (Å²) in [6, 6.07) is 12.7. The number of rotatable bonds is 15. The van der Waals surface area contributed by atoms with E-state index in [1.165, 1.54) is 49.7 Å². The fourth-order valence-corrected chi connectivity index (χ4v) is 5.18. The van der Waals surface area contributed by atoms with Gasteiger partial charge in [-0.05, 0) is 73.8 Å². The normalized spacial score (nSPS) is 13.8. The Balaban J connectivity index is 2.65. The van der Waals surface area contributed by atoms with Crippen LogP contribution in [0.25, 0.3) is 0 Å². The predicted octanol–water partition coefficient (Wildman–Crippen LogP) is 11.0. The Morgan fingerprint density at radius 1 is 0.917 bits per heavy atom. The van der Waals surface area contributed by atoms with Gasteiger partial charge in [0.25, 0.3) is 0 Å². The van der Waals surface area contributed by atoms with Crippen LogP contribution in [0.15, 0.2) is 48.7 Å². The van der Waals surface area contributed by atoms with Crippen LogP contribution < -0.4 is 4.90 Å². The average Bonchev–Trinajstić information content (AvgIpc) is 2.87. The Hall–Kier alpha value is -2.06. The van der Waals surface area contributed by atoms with Crippen molar-refractivity contribution in [2.75, 3.05) is 4.90 Å². The number of aryl methyl sites for hydroxylation is 1. The number of carbonyl (C=O) groups is 1. The molecular formula is C33H48ClNO. The second-order valence-corrected chi connectivity index (χ2v) is 10.9. The van der Waals surface area contributed by atoms with Crippen molar-refractivity contribution in [3.8, 4) is 0 Å². The molecule has 2 aromatic carbocycles. The van der Waals surface area contributed by atoms with Crippen LogP contribution in [0.5, 0.6) is 0 Å². The van der Waals surface area contributed by atoms with Crippen molar-refractivity contribution in [3.63, 3.8) is 0 Å². The van der Waals surface area contributed by atoms with E-state index < -0.39 is 0 Å². The minimum absolute atomic E-state index is 0.0910. The molecule has 0 aliphatic heterocycles. The third kappa shape index (κ3) is 7.25. The third-order valence-electron chi connectivity index (χ3n) is 7.73. The maximum absolute atomic E-state index is 13.5. The second-order valence-electron chi connectivity index (χ2n) is 10.5. The minimum Gasteiger partial charge on any atom is -0.313 e. The molecule has 0 heterocycles. The molecule has 0 amide bonds. The van der Waals surface area contributed by atoms with E-state index in [9.17, 15) is 4.79 Å². The summed E-state index contributed by atoms with van der Waals surface area (Å²) in [7, 11) is 0. The van der Waals surface area contributed by atoms with Crippen molar-refractivity contribution in [1.82, 2.24) is 0 Å². The number of unbranched alkanes of at least 4 members (excludes halogenated alkanes) is 2. The molecular weight excluding hydrogens is 462 g/mol. The lowest BCUT2D eigenvalue weighted by Crippen LogP contribution is -2.24. The molecule has 0 N–H and O–H groups in total. The van der Waals surface area contributed by atoms with Gasteiger partial charge in [0, 0.05) is 17.3 Å². The lowest BCUT2D eigenvalue weighted by atomic mass is 9.88. The van der Waals surface area contributed by atoms with Crippen LogP contribution in [0, 0.1) is 18.8 Å². The van der Waals surface area contributed by atoms with Crippen molar-refractivity contribution < 1.29 is 4.79 Å². The van der Waals surface area contributed by atoms with Gasteiger partial charge in [-0.25, -0.2) is 0 Å². The number of hydrogen-bond acceptors (Lipinski definition) is 2. The molecule has 0 spiro atoms. The fraction of sp³-hybridized carbons (Fsp3) is 0.545. The number of allylic oxidation sites excluding steroid dienone is 1. The van der Waals surface area contributed by atoms with E-state index in [0.29, 0.717) is 16.5 Å². The number of hydrogen-bond donors (Lipinski definition) is 0. The Kier molecular flexibility index (Phi) is 12.3. The van der Waals surface area contributed by atoms with Crippen molar-refractivity contribution in [2.24, 2.45) is 11.8 Å². The molecule has 3 heteroatoms. The summed E-state index contributed by atoms with van der Waals surface area (Å²) in [5, 5.41) is 0.507. The van der Waals surface area contributed by atoms with Gasteiger partial charge in [-0.1, -0.05) is 104 Å². The van der Waals surface area contributed by atoms with E-state index in [0.717, 1.165) is 29.9 Å². The summed E-state index contributed by atoms with van der Waals surface area (Å²) in [6.45, 7) is 19.7. The molecule has 0 aliphatic carbocycles. The highest BCUT2D eigenvalue weighted by Crippen LogP contribution is 2.41. The number of halogens is 1. The van der Waals surface area contributed by atoms with Crippen LogP contribution in [0.3, 0.4) is 0 Å². The number of carbonyl (C=O) groups excluding carboxylic acids is 1. The number of nitrogens with zero attached hydrogens (tertiary/aromatic N) is 1. The molecule has 0 bridgehead atoms. The SMILES string of the molecule is C=C(C(C)CC)N(c1ccc(C(CCC)CCCCC)cc1C)c1cccc(Cl)c1C(=O)C(C)CC. The zero-order valence-corrected chi connectivity index (χ0v) is 24.5. The van der Waals surface area contributed by atoms with E-state index in [1.54, 1.807) is 0 Å². The maximum atomic E-state index is 13.5. The van der Waals surface area contributed by atoms with Gasteiger partial charge in [0.2, 0.25) is 0 Å². The van der Waals surface area contributed by atoms with Gasteiger partial charge in [-0.2, -0.15) is 0 Å². The second kappa shape index (κ2) is 14.6. The zero-order chi connectivity index (χ0) is 26.8. The first-order chi connectivity index (χ1) is 17.2. The van der Waals surface area contributed by atoms with Gasteiger partial charge >= 0.3 is 0 Å². The van der Waals surface area contributed by atoms with E-state index in [-0.39, 0.29) is 17.6 Å². The van der Waals surface area contributed by atoms with Gasteiger partial charge in [-0.15, -0.1) is 0 Å². The number of ketones is 1. The third-order valence-corrected chi connectivity index (χ3v) is 8.05. The highest BCUT2D eigenvalue weighted by Gasteiger charge is 2.27. The van der Waals surface area contributed by atoms with Gasteiger partial charge < -0.3 is 4.90 Å². The molecule has 0 aromatic heterocycles. The fourth-order valence-electron chi connectivity index (χ4n) is 4.92. The van der Waals surface area contributed by atoms with E-state index in [1.807, 2.05) is 32.0 Å². The first-order valence-corrected chi connectivity index (χ1v) is 14.5. The minimum atomic E-state index is -0.0937. The van der Waals surface area contributed by atoms with E-state index in [2.05, 4.69) is 64.3 Å². The van der Waals surface area contributed by atoms with Gasteiger partial charge in [0.1, 0.15) is 0 Å². The molecule has 3 unspecified atom stereocenters. The maximum Gasteiger partial charge on any atom is 0.169 e. The molecule has 2 aromatic rings. The molecule has 3 atom stereocenters. The molecule has 36 heavy (non-hydrogen) atoms. The monoisotopic (exact) mass is 509 g/mol. The number of anilines is 2. The molecule has 0 aliphatic rings. The van der Waals surface area contributed by atoms with Gasteiger partial charge in [0.05, 0.1) is 16.3 Å². The zero-order valence-electron chi connectivity index (χ0n) is 23.8. The number of benzene rings is 2. The molecule has 0 radical (unpaired) electrons. The van der Waals surface area contributed by atoms with Crippen LogP contribution in [0.4, 0.5) is 11.4 Å². The van der Waals surface area contributed by atoms with Crippen LogP contribution in [0.2, 0.25) is 5.02 Å². The summed E-state index contributed by atoms with van der Waals surface area (Å²) < 4.78 is 0. The Morgan fingerprint density at radius 2 is 1.61 bits per heavy atom. The van der Waals surface area contributed by atoms with Crippen LogP contribution in [-0.4, -0.2) is 5.78 Å². The molecule has 0 fully saturated rings. The quantitative estimate of drug-likeness (QED) is 0.176. The van der Waals surface area contributed by atoms with Gasteiger partial charge in [-0.3, -0.25) is 4.79 Å². The first-order valence-electron chi connectivity index (χ1n) is 14.1. The smallest absolute Gasteiger partial charge is 0.169 e. The van der Waals surface area contributed by atoms with E-state index >= 15 is 0 Å². The lowest BCUT2D eigenvalue weighted by molar-refractivity contribution is 0.0928. The van der Waals surface area contributed by atoms with E-state index in [4.69, 9.17) is 11.6 Å². The van der Waals surface area contributed by atoms with Crippen molar-refractivity contribution in [2.45, 2.75) is 106 Å². The number of Topliss-reactive ketones (excluding diaryl/α,β-unsaturated/α-hetero) is 1. The topological polar surface area (TPSA) is 20.3 Å². The van der Waals surface area contributed by atoms with Crippen molar-refractivity contribution in [1.29, 1.82) is 0 Å². The summed E-state index contributed by atoms with van der Waals surface area (Å²) in [6.07, 6.45) is 9.22. The molecule has 198 valence electrons. The van der Waals surface area contributed by atoms with Crippen molar-refractivity contribution in [3.05, 3.63) is 70.4 Å². The average molecular weight is 510 g/mol. The first kappa shape index (κ1) is 30.2. The van der Waals surface area contributed by atoms with Crippen LogP contribution in [-0.2, 0) is 0 Å². The Morgan fingerprint density at radius 3 is 2.19 bits per heavy atom. The molecule has 2 nitrogen and oxygen atoms in total. The molecule has 2 rings (SSSR count). The Labute approximate surface area is 226 Å². The summed E-state index contributed by atoms with van der Waals surface area (Å²) in [5.74, 6) is 0.850. The summed E-state index contributed by atoms with van der Waals surface area (Å²) in [4.78, 5) is 15.7. The molecule has 0 saturated heterocycles.